The fraction of sp³-hybridized carbons (Fsp3) is 0.615. The third-order valence-electron chi connectivity index (χ3n) is 3.13. The Labute approximate surface area is 102 Å². The van der Waals surface area contributed by atoms with Crippen molar-refractivity contribution in [2.45, 2.75) is 25.4 Å². The first-order chi connectivity index (χ1) is 8.15. The van der Waals surface area contributed by atoms with E-state index in [1.807, 2.05) is 12.3 Å². The number of nitrogens with zero attached hydrogens (tertiary/aromatic N) is 2. The zero-order valence-electron chi connectivity index (χ0n) is 10.6. The average Bonchev–Trinajstić information content (AvgIpc) is 3.07. The van der Waals surface area contributed by atoms with Crippen molar-refractivity contribution in [3.8, 4) is 0 Å². The van der Waals surface area contributed by atoms with Crippen LogP contribution in [-0.2, 0) is 13.6 Å². The molecule has 94 valence electrons. The van der Waals surface area contributed by atoms with Crippen LogP contribution in [0.5, 0.6) is 0 Å². The summed E-state index contributed by atoms with van der Waals surface area (Å²) in [5.74, 6) is 0. The van der Waals surface area contributed by atoms with Gasteiger partial charge in [-0.2, -0.15) is 0 Å². The minimum atomic E-state index is 0.0620. The lowest BCUT2D eigenvalue weighted by Crippen LogP contribution is -2.30. The van der Waals surface area contributed by atoms with Crippen molar-refractivity contribution in [3.63, 3.8) is 0 Å². The van der Waals surface area contributed by atoms with Gasteiger partial charge in [-0.3, -0.25) is 4.79 Å². The number of likely N-dealkylation sites (N-methyl/N-ethyl adjacent to an activating group) is 1. The highest BCUT2D eigenvalue weighted by molar-refractivity contribution is 5.10. The largest absolute Gasteiger partial charge is 0.319 e. The lowest BCUT2D eigenvalue weighted by atomic mass is 10.2. The predicted octanol–water partition coefficient (Wildman–Crippen LogP) is 0.569. The molecule has 17 heavy (non-hydrogen) atoms. The second kappa shape index (κ2) is 5.47. The summed E-state index contributed by atoms with van der Waals surface area (Å²) in [7, 11) is 3.86. The molecule has 1 heterocycles. The van der Waals surface area contributed by atoms with E-state index in [4.69, 9.17) is 0 Å². The van der Waals surface area contributed by atoms with Gasteiger partial charge in [0.2, 0.25) is 0 Å². The van der Waals surface area contributed by atoms with Crippen LogP contribution in [0.3, 0.4) is 0 Å². The van der Waals surface area contributed by atoms with Crippen molar-refractivity contribution in [3.05, 3.63) is 34.2 Å². The van der Waals surface area contributed by atoms with Crippen molar-refractivity contribution < 1.29 is 0 Å². The highest BCUT2D eigenvalue weighted by atomic mass is 16.1. The highest BCUT2D eigenvalue weighted by Gasteiger charge is 2.19. The molecule has 0 radical (unpaired) electrons. The van der Waals surface area contributed by atoms with Crippen LogP contribution in [0.4, 0.5) is 0 Å². The van der Waals surface area contributed by atoms with E-state index in [-0.39, 0.29) is 5.56 Å². The van der Waals surface area contributed by atoms with Gasteiger partial charge in [-0.25, -0.2) is 0 Å². The van der Waals surface area contributed by atoms with Gasteiger partial charge in [0.15, 0.2) is 0 Å². The zero-order chi connectivity index (χ0) is 12.3. The second-order valence-electron chi connectivity index (χ2n) is 4.95. The number of aryl methyl sites for hydroxylation is 1. The molecular weight excluding hydrogens is 214 g/mol. The molecule has 2 rings (SSSR count). The molecule has 1 fully saturated rings. The van der Waals surface area contributed by atoms with Crippen molar-refractivity contribution in [1.82, 2.24) is 14.8 Å². The van der Waals surface area contributed by atoms with Crippen LogP contribution in [0.2, 0.25) is 0 Å². The number of nitrogens with one attached hydrogen (secondary N) is 1. The molecule has 0 aromatic carbocycles. The van der Waals surface area contributed by atoms with E-state index < -0.39 is 0 Å². The van der Waals surface area contributed by atoms with E-state index >= 15 is 0 Å². The Morgan fingerprint density at radius 1 is 1.53 bits per heavy atom. The normalized spacial score (nSPS) is 15.5. The summed E-state index contributed by atoms with van der Waals surface area (Å²) in [6.45, 7) is 2.89. The van der Waals surface area contributed by atoms with Crippen molar-refractivity contribution in [2.75, 3.05) is 20.1 Å². The Morgan fingerprint density at radius 2 is 2.29 bits per heavy atom. The van der Waals surface area contributed by atoms with Crippen LogP contribution in [-0.4, -0.2) is 35.6 Å². The van der Waals surface area contributed by atoms with Gasteiger partial charge in [0.25, 0.3) is 5.56 Å². The monoisotopic (exact) mass is 235 g/mol. The van der Waals surface area contributed by atoms with Crippen LogP contribution in [0.25, 0.3) is 0 Å². The van der Waals surface area contributed by atoms with E-state index in [2.05, 4.69) is 17.3 Å². The molecule has 0 amide bonds. The SMILES string of the molecule is CN(CCNC1CC1)Cc1ccn(C)c(=O)c1. The van der Waals surface area contributed by atoms with Gasteiger partial charge in [-0.1, -0.05) is 0 Å². The first-order valence-electron chi connectivity index (χ1n) is 6.22. The summed E-state index contributed by atoms with van der Waals surface area (Å²) in [6, 6.07) is 4.49. The van der Waals surface area contributed by atoms with Crippen LogP contribution in [0, 0.1) is 0 Å². The third-order valence-corrected chi connectivity index (χ3v) is 3.13. The van der Waals surface area contributed by atoms with E-state index in [9.17, 15) is 4.79 Å². The van der Waals surface area contributed by atoms with Crippen LogP contribution in [0.15, 0.2) is 23.1 Å². The summed E-state index contributed by atoms with van der Waals surface area (Å²) in [5.41, 5.74) is 1.15. The number of pyridine rings is 1. The van der Waals surface area contributed by atoms with Gasteiger partial charge >= 0.3 is 0 Å². The van der Waals surface area contributed by atoms with Gasteiger partial charge in [-0.05, 0) is 31.5 Å². The summed E-state index contributed by atoms with van der Waals surface area (Å²) in [5, 5.41) is 3.49. The standard InChI is InChI=1S/C13H21N3O/c1-15(8-6-14-12-3-4-12)10-11-5-7-16(2)13(17)9-11/h5,7,9,12,14H,3-4,6,8,10H2,1-2H3. The van der Waals surface area contributed by atoms with E-state index in [1.165, 1.54) is 12.8 Å². The molecule has 0 unspecified atom stereocenters. The fourth-order valence-corrected chi connectivity index (χ4v) is 1.83. The van der Waals surface area contributed by atoms with Gasteiger partial charge in [0.05, 0.1) is 0 Å². The van der Waals surface area contributed by atoms with Gasteiger partial charge in [0, 0.05) is 45.0 Å². The minimum absolute atomic E-state index is 0.0620. The van der Waals surface area contributed by atoms with Crippen molar-refractivity contribution in [2.24, 2.45) is 7.05 Å². The maximum absolute atomic E-state index is 11.5. The zero-order valence-corrected chi connectivity index (χ0v) is 10.6. The first kappa shape index (κ1) is 12.3. The molecule has 4 nitrogen and oxygen atoms in total. The Morgan fingerprint density at radius 3 is 2.94 bits per heavy atom. The van der Waals surface area contributed by atoms with Gasteiger partial charge in [-0.15, -0.1) is 0 Å². The Kier molecular flexibility index (Phi) is 3.97. The topological polar surface area (TPSA) is 37.3 Å². The Balaban J connectivity index is 1.77. The summed E-state index contributed by atoms with van der Waals surface area (Å²) >= 11 is 0. The van der Waals surface area contributed by atoms with Crippen molar-refractivity contribution in [1.29, 1.82) is 0 Å². The maximum atomic E-state index is 11.5. The number of aromatic nitrogens is 1. The molecule has 1 N–H and O–H groups in total. The highest BCUT2D eigenvalue weighted by Crippen LogP contribution is 2.17. The van der Waals surface area contributed by atoms with Crippen molar-refractivity contribution >= 4 is 0 Å². The van der Waals surface area contributed by atoms with Crippen LogP contribution >= 0.6 is 0 Å². The number of hydrogen-bond acceptors (Lipinski definition) is 3. The number of hydrogen-bond donors (Lipinski definition) is 1. The molecule has 0 spiro atoms. The Bertz CT molecular complexity index is 423. The smallest absolute Gasteiger partial charge is 0.250 e. The molecule has 0 atom stereocenters. The molecule has 4 heteroatoms. The molecule has 0 bridgehead atoms. The maximum Gasteiger partial charge on any atom is 0.250 e. The summed E-state index contributed by atoms with van der Waals surface area (Å²) < 4.78 is 1.60. The lowest BCUT2D eigenvalue weighted by molar-refractivity contribution is 0.323. The van der Waals surface area contributed by atoms with E-state index in [1.54, 1.807) is 17.7 Å². The molecular formula is C13H21N3O. The molecule has 1 saturated carbocycles. The summed E-state index contributed by atoms with van der Waals surface area (Å²) in [4.78, 5) is 13.7. The average molecular weight is 235 g/mol. The number of rotatable bonds is 6. The molecule has 1 aromatic rings. The van der Waals surface area contributed by atoms with Gasteiger partial charge in [0.1, 0.15) is 0 Å². The fourth-order valence-electron chi connectivity index (χ4n) is 1.83. The second-order valence-corrected chi connectivity index (χ2v) is 4.95. The lowest BCUT2D eigenvalue weighted by Gasteiger charge is -2.17. The first-order valence-corrected chi connectivity index (χ1v) is 6.22. The minimum Gasteiger partial charge on any atom is -0.319 e. The van der Waals surface area contributed by atoms with E-state index in [0.717, 1.165) is 31.2 Å². The van der Waals surface area contributed by atoms with Gasteiger partial charge < -0.3 is 14.8 Å². The van der Waals surface area contributed by atoms with Crippen LogP contribution < -0.4 is 10.9 Å². The quantitative estimate of drug-likeness (QED) is 0.783. The summed E-state index contributed by atoms with van der Waals surface area (Å²) in [6.07, 6.45) is 4.49. The molecule has 1 aliphatic carbocycles. The molecule has 0 saturated heterocycles. The molecule has 1 aromatic heterocycles. The predicted molar refractivity (Wildman–Crippen MR) is 69.0 cm³/mol. The Hall–Kier alpha value is -1.13. The van der Waals surface area contributed by atoms with Crippen LogP contribution in [0.1, 0.15) is 18.4 Å². The third kappa shape index (κ3) is 3.98. The molecule has 0 aliphatic heterocycles. The molecule has 1 aliphatic rings. The van der Waals surface area contributed by atoms with E-state index in [0.29, 0.717) is 0 Å².